The number of carbonyl (C=O) groups is 2. The van der Waals surface area contributed by atoms with E-state index in [0.717, 1.165) is 16.2 Å². The molecule has 0 bridgehead atoms. The van der Waals surface area contributed by atoms with Crippen LogP contribution in [0.3, 0.4) is 0 Å². The Labute approximate surface area is 178 Å². The number of carbonyl (C=O) groups excluding carboxylic acids is 2. The van der Waals surface area contributed by atoms with E-state index >= 15 is 0 Å². The average Bonchev–Trinajstić information content (AvgIpc) is 3.10. The van der Waals surface area contributed by atoms with Gasteiger partial charge in [0.05, 0.1) is 29.0 Å². The van der Waals surface area contributed by atoms with Crippen molar-refractivity contribution in [3.63, 3.8) is 0 Å². The smallest absolute Gasteiger partial charge is 0.338 e. The minimum Gasteiger partial charge on any atom is -0.462 e. The fourth-order valence-electron chi connectivity index (χ4n) is 3.04. The number of nitrogens with one attached hydrogen (secondary N) is 1. The Morgan fingerprint density at radius 2 is 1.93 bits per heavy atom. The molecule has 0 saturated heterocycles. The molecule has 0 aliphatic rings. The fourth-order valence-corrected chi connectivity index (χ4v) is 3.95. The van der Waals surface area contributed by atoms with Gasteiger partial charge in [-0.1, -0.05) is 23.9 Å². The standard InChI is InChI=1S/C22H24FN3O3S/c1-3-26-19-10-7-16(21(28)29-4-2)13-18(19)25-22(26)30-14-20(27)24-12-11-15-5-8-17(23)9-6-15/h5-10,13H,3-4,11-12,14H2,1-2H3,(H,24,27). The number of ether oxygens (including phenoxy) is 1. The van der Waals surface area contributed by atoms with Crippen LogP contribution in [0.1, 0.15) is 29.8 Å². The summed E-state index contributed by atoms with van der Waals surface area (Å²) in [6, 6.07) is 11.5. The van der Waals surface area contributed by atoms with Gasteiger partial charge in [-0.05, 0) is 56.2 Å². The number of aryl methyl sites for hydroxylation is 1. The first-order valence-corrected chi connectivity index (χ1v) is 10.8. The zero-order chi connectivity index (χ0) is 21.5. The Balaban J connectivity index is 1.59. The van der Waals surface area contributed by atoms with Gasteiger partial charge in [0.1, 0.15) is 5.82 Å². The molecule has 0 spiro atoms. The van der Waals surface area contributed by atoms with Crippen molar-refractivity contribution < 1.29 is 18.7 Å². The second-order valence-corrected chi connectivity index (χ2v) is 7.52. The van der Waals surface area contributed by atoms with Gasteiger partial charge < -0.3 is 14.6 Å². The molecule has 0 fully saturated rings. The van der Waals surface area contributed by atoms with Crippen LogP contribution in [-0.2, 0) is 22.5 Å². The van der Waals surface area contributed by atoms with E-state index in [1.54, 1.807) is 31.2 Å². The Bertz CT molecular complexity index is 1030. The lowest BCUT2D eigenvalue weighted by atomic mass is 10.1. The zero-order valence-electron chi connectivity index (χ0n) is 17.0. The summed E-state index contributed by atoms with van der Waals surface area (Å²) in [6.45, 7) is 5.27. The fraction of sp³-hybridized carbons (Fsp3) is 0.318. The van der Waals surface area contributed by atoms with Gasteiger partial charge in [-0.15, -0.1) is 0 Å². The van der Waals surface area contributed by atoms with Crippen LogP contribution < -0.4 is 5.32 Å². The highest BCUT2D eigenvalue weighted by Crippen LogP contribution is 2.25. The van der Waals surface area contributed by atoms with Crippen LogP contribution in [0.15, 0.2) is 47.6 Å². The number of thioether (sulfide) groups is 1. The number of aromatic nitrogens is 2. The molecule has 0 unspecified atom stereocenters. The molecular weight excluding hydrogens is 405 g/mol. The summed E-state index contributed by atoms with van der Waals surface area (Å²) in [4.78, 5) is 28.7. The highest BCUT2D eigenvalue weighted by molar-refractivity contribution is 7.99. The number of imidazole rings is 1. The van der Waals surface area contributed by atoms with Crippen molar-refractivity contribution in [2.45, 2.75) is 32.0 Å². The van der Waals surface area contributed by atoms with Gasteiger partial charge >= 0.3 is 5.97 Å². The van der Waals surface area contributed by atoms with Crippen LogP contribution in [0, 0.1) is 5.82 Å². The molecule has 1 amide bonds. The maximum absolute atomic E-state index is 12.9. The van der Waals surface area contributed by atoms with E-state index in [1.165, 1.54) is 23.9 Å². The molecule has 30 heavy (non-hydrogen) atoms. The minimum atomic E-state index is -0.375. The summed E-state index contributed by atoms with van der Waals surface area (Å²) in [6.07, 6.45) is 0.640. The molecular formula is C22H24FN3O3S. The largest absolute Gasteiger partial charge is 0.462 e. The number of hydrogen-bond donors (Lipinski definition) is 1. The Hall–Kier alpha value is -2.87. The van der Waals surface area contributed by atoms with Crippen LogP contribution in [-0.4, -0.2) is 40.3 Å². The lowest BCUT2D eigenvalue weighted by molar-refractivity contribution is -0.118. The van der Waals surface area contributed by atoms with Gasteiger partial charge in [0.15, 0.2) is 5.16 Å². The first kappa shape index (κ1) is 21.8. The summed E-state index contributed by atoms with van der Waals surface area (Å²) in [7, 11) is 0. The van der Waals surface area contributed by atoms with Gasteiger partial charge in [-0.25, -0.2) is 14.2 Å². The zero-order valence-corrected chi connectivity index (χ0v) is 17.8. The van der Waals surface area contributed by atoms with E-state index in [4.69, 9.17) is 4.74 Å². The maximum atomic E-state index is 12.9. The van der Waals surface area contributed by atoms with Gasteiger partial charge in [0.2, 0.25) is 5.91 Å². The molecule has 6 nitrogen and oxygen atoms in total. The van der Waals surface area contributed by atoms with Crippen molar-refractivity contribution in [3.8, 4) is 0 Å². The topological polar surface area (TPSA) is 73.2 Å². The number of nitrogens with zero attached hydrogens (tertiary/aromatic N) is 2. The molecule has 1 heterocycles. The van der Waals surface area contributed by atoms with Crippen molar-refractivity contribution in [2.24, 2.45) is 0 Å². The van der Waals surface area contributed by atoms with Crippen LogP contribution in [0.4, 0.5) is 4.39 Å². The Morgan fingerprint density at radius 1 is 1.17 bits per heavy atom. The molecule has 0 atom stereocenters. The van der Waals surface area contributed by atoms with Crippen molar-refractivity contribution in [2.75, 3.05) is 18.9 Å². The minimum absolute atomic E-state index is 0.0935. The third-order valence-corrected chi connectivity index (χ3v) is 5.50. The van der Waals surface area contributed by atoms with E-state index < -0.39 is 0 Å². The van der Waals surface area contributed by atoms with E-state index in [9.17, 15) is 14.0 Å². The number of esters is 1. The quantitative estimate of drug-likeness (QED) is 0.414. The molecule has 3 rings (SSSR count). The maximum Gasteiger partial charge on any atom is 0.338 e. The molecule has 3 aromatic rings. The summed E-state index contributed by atoms with van der Waals surface area (Å²) >= 11 is 1.35. The molecule has 0 aliphatic carbocycles. The van der Waals surface area contributed by atoms with Crippen molar-refractivity contribution in [3.05, 3.63) is 59.4 Å². The molecule has 2 aromatic carbocycles. The highest BCUT2D eigenvalue weighted by atomic mass is 32.2. The first-order valence-electron chi connectivity index (χ1n) is 9.83. The lowest BCUT2D eigenvalue weighted by Crippen LogP contribution is -2.27. The normalized spacial score (nSPS) is 10.9. The summed E-state index contributed by atoms with van der Waals surface area (Å²) in [5.74, 6) is -0.506. The molecule has 1 N–H and O–H groups in total. The van der Waals surface area contributed by atoms with E-state index in [1.807, 2.05) is 17.6 Å². The summed E-state index contributed by atoms with van der Waals surface area (Å²) in [5.41, 5.74) is 3.03. The second kappa shape index (κ2) is 10.2. The summed E-state index contributed by atoms with van der Waals surface area (Å²) < 4.78 is 20.0. The predicted molar refractivity (Wildman–Crippen MR) is 115 cm³/mol. The monoisotopic (exact) mass is 429 g/mol. The van der Waals surface area contributed by atoms with Crippen molar-refractivity contribution in [1.82, 2.24) is 14.9 Å². The third kappa shape index (κ3) is 5.38. The van der Waals surface area contributed by atoms with E-state index in [-0.39, 0.29) is 23.4 Å². The first-order chi connectivity index (χ1) is 14.5. The SMILES string of the molecule is CCOC(=O)c1ccc2c(c1)nc(SCC(=O)NCCc1ccc(F)cc1)n2CC. The van der Waals surface area contributed by atoms with Crippen molar-refractivity contribution in [1.29, 1.82) is 0 Å². The number of rotatable bonds is 9. The van der Waals surface area contributed by atoms with E-state index in [2.05, 4.69) is 10.3 Å². The van der Waals surface area contributed by atoms with Gasteiger partial charge in [-0.3, -0.25) is 4.79 Å². The predicted octanol–water partition coefficient (Wildman–Crippen LogP) is 3.82. The molecule has 0 radical (unpaired) electrons. The third-order valence-electron chi connectivity index (χ3n) is 4.52. The molecule has 0 aliphatic heterocycles. The Morgan fingerprint density at radius 3 is 2.63 bits per heavy atom. The number of halogens is 1. The lowest BCUT2D eigenvalue weighted by Gasteiger charge is -2.07. The Kier molecular flexibility index (Phi) is 7.46. The number of benzene rings is 2. The molecule has 158 valence electrons. The van der Waals surface area contributed by atoms with Gasteiger partial charge in [0, 0.05) is 13.1 Å². The molecule has 0 saturated carbocycles. The van der Waals surface area contributed by atoms with Crippen LogP contribution in [0.5, 0.6) is 0 Å². The number of amides is 1. The van der Waals surface area contributed by atoms with Gasteiger partial charge in [-0.2, -0.15) is 0 Å². The highest BCUT2D eigenvalue weighted by Gasteiger charge is 2.15. The average molecular weight is 430 g/mol. The van der Waals surface area contributed by atoms with E-state index in [0.29, 0.717) is 37.2 Å². The molecule has 8 heteroatoms. The van der Waals surface area contributed by atoms with Crippen LogP contribution in [0.2, 0.25) is 0 Å². The number of hydrogen-bond acceptors (Lipinski definition) is 5. The second-order valence-electron chi connectivity index (χ2n) is 6.58. The van der Waals surface area contributed by atoms with Gasteiger partial charge in [0.25, 0.3) is 0 Å². The van der Waals surface area contributed by atoms with Crippen molar-refractivity contribution >= 4 is 34.7 Å². The van der Waals surface area contributed by atoms with Crippen LogP contribution in [0.25, 0.3) is 11.0 Å². The summed E-state index contributed by atoms with van der Waals surface area (Å²) in [5, 5.41) is 3.60. The number of fused-ring (bicyclic) bond motifs is 1. The molecule has 1 aromatic heterocycles. The van der Waals surface area contributed by atoms with Crippen LogP contribution >= 0.6 is 11.8 Å².